The number of allylic oxidation sites excluding steroid dienone is 3. The summed E-state index contributed by atoms with van der Waals surface area (Å²) in [4.78, 5) is 25.9. The van der Waals surface area contributed by atoms with Crippen LogP contribution in [0.15, 0.2) is 93.3 Å². The highest BCUT2D eigenvalue weighted by Crippen LogP contribution is 2.42. The normalized spacial score (nSPS) is 15.7. The minimum atomic E-state index is -0.635. The van der Waals surface area contributed by atoms with Gasteiger partial charge in [-0.15, -0.1) is 0 Å². The zero-order valence-corrected chi connectivity index (χ0v) is 19.0. The van der Waals surface area contributed by atoms with Crippen LogP contribution in [0.1, 0.15) is 18.4 Å². The number of carbonyl (C=O) groups excluding carboxylic acids is 1. The molecule has 9 heteroatoms. The maximum Gasteiger partial charge on any atom is 0.271 e. The molecule has 0 N–H and O–H groups in total. The predicted molar refractivity (Wildman–Crippen MR) is 125 cm³/mol. The van der Waals surface area contributed by atoms with Crippen molar-refractivity contribution in [1.82, 2.24) is 9.78 Å². The number of ketones is 1. The van der Waals surface area contributed by atoms with Gasteiger partial charge in [0.1, 0.15) is 16.7 Å². The minimum absolute atomic E-state index is 0.199. The second kappa shape index (κ2) is 10.2. The lowest BCUT2D eigenvalue weighted by molar-refractivity contribution is -0.119. The van der Waals surface area contributed by atoms with Gasteiger partial charge >= 0.3 is 0 Å². The van der Waals surface area contributed by atoms with E-state index in [4.69, 9.17) is 4.74 Å². The summed E-state index contributed by atoms with van der Waals surface area (Å²) in [5, 5.41) is 4.78. The maximum atomic E-state index is 13.6. The lowest BCUT2D eigenvalue weighted by Gasteiger charge is -2.21. The quantitative estimate of drug-likeness (QED) is 0.417. The van der Waals surface area contributed by atoms with E-state index >= 15 is 0 Å². The first-order chi connectivity index (χ1) is 16.0. The Kier molecular flexibility index (Phi) is 7.10. The van der Waals surface area contributed by atoms with E-state index < -0.39 is 23.1 Å². The van der Waals surface area contributed by atoms with E-state index in [0.29, 0.717) is 27.8 Å². The van der Waals surface area contributed by atoms with Gasteiger partial charge < -0.3 is 4.74 Å². The number of hydrogen-bond donors (Lipinski definition) is 0. The van der Waals surface area contributed by atoms with E-state index in [1.54, 1.807) is 43.3 Å². The van der Waals surface area contributed by atoms with Gasteiger partial charge in [0.25, 0.3) is 5.56 Å². The van der Waals surface area contributed by atoms with Gasteiger partial charge in [-0.3, -0.25) is 9.59 Å². The molecule has 168 valence electrons. The van der Waals surface area contributed by atoms with Gasteiger partial charge in [-0.1, -0.05) is 24.3 Å². The Morgan fingerprint density at radius 2 is 1.76 bits per heavy atom. The third kappa shape index (κ3) is 5.26. The number of aromatic nitrogens is 2. The smallest absolute Gasteiger partial charge is 0.271 e. The first-order valence-corrected chi connectivity index (χ1v) is 12.2. The van der Waals surface area contributed by atoms with Crippen molar-refractivity contribution in [2.24, 2.45) is 0 Å². The van der Waals surface area contributed by atoms with Crippen molar-refractivity contribution in [2.75, 3.05) is 6.61 Å². The molecule has 1 atom stereocenters. The molecular weight excluding hydrogens is 466 g/mol. The van der Waals surface area contributed by atoms with Gasteiger partial charge in [0, 0.05) is 6.07 Å². The molecule has 1 aliphatic rings. The standard InChI is InChI=1S/C24H18F2N2O3S2/c1-2-31-24-20(10-9-19(23(24)30)15-5-3-6-16(25)13-15)32-33-21-11-12-22(29)28(27-21)18-8-4-7-17(26)14-18/h3-14,19H,2H2,1H3. The van der Waals surface area contributed by atoms with Gasteiger partial charge in [-0.2, -0.15) is 9.78 Å². The SMILES string of the molecule is CCOC1=C(SSc2ccc(=O)n(-c3cccc(F)c3)n2)C=CC(c2cccc(F)c2)C1=O. The molecule has 0 aliphatic heterocycles. The van der Waals surface area contributed by atoms with Crippen LogP contribution in [0.5, 0.6) is 0 Å². The molecule has 33 heavy (non-hydrogen) atoms. The highest BCUT2D eigenvalue weighted by molar-refractivity contribution is 8.78. The number of hydrogen-bond acceptors (Lipinski definition) is 6. The molecule has 1 unspecified atom stereocenters. The fourth-order valence-electron chi connectivity index (χ4n) is 3.24. The van der Waals surface area contributed by atoms with Crippen LogP contribution in [0.2, 0.25) is 0 Å². The zero-order valence-electron chi connectivity index (χ0n) is 17.4. The molecule has 0 saturated heterocycles. The van der Waals surface area contributed by atoms with Crippen LogP contribution >= 0.6 is 21.6 Å². The number of rotatable bonds is 7. The average molecular weight is 485 g/mol. The molecule has 1 heterocycles. The monoisotopic (exact) mass is 484 g/mol. The Hall–Kier alpha value is -3.17. The van der Waals surface area contributed by atoms with Crippen molar-refractivity contribution >= 4 is 27.4 Å². The van der Waals surface area contributed by atoms with Gasteiger partial charge in [0.2, 0.25) is 5.78 Å². The molecule has 4 rings (SSSR count). The number of Topliss-reactive ketones (excluding diaryl/α,β-unsaturated/α-hetero) is 1. The van der Waals surface area contributed by atoms with Crippen LogP contribution in [-0.4, -0.2) is 22.2 Å². The van der Waals surface area contributed by atoms with Gasteiger partial charge in [-0.25, -0.2) is 8.78 Å². The Morgan fingerprint density at radius 1 is 1.00 bits per heavy atom. The molecule has 0 radical (unpaired) electrons. The summed E-state index contributed by atoms with van der Waals surface area (Å²) >= 11 is 0. The highest BCUT2D eigenvalue weighted by atomic mass is 33.1. The molecule has 0 bridgehead atoms. The topological polar surface area (TPSA) is 61.2 Å². The Labute approximate surface area is 196 Å². The number of nitrogens with zero attached hydrogens (tertiary/aromatic N) is 2. The molecule has 0 spiro atoms. The number of ether oxygens (including phenoxy) is 1. The summed E-state index contributed by atoms with van der Waals surface area (Å²) in [6.45, 7) is 2.07. The van der Waals surface area contributed by atoms with Gasteiger partial charge in [-0.05, 0) is 76.5 Å². The van der Waals surface area contributed by atoms with Gasteiger partial charge in [0.05, 0.1) is 23.1 Å². The lowest BCUT2D eigenvalue weighted by Crippen LogP contribution is -2.20. The van der Waals surface area contributed by atoms with Crippen molar-refractivity contribution in [3.63, 3.8) is 0 Å². The Bertz CT molecular complexity index is 1320. The molecule has 2 aromatic carbocycles. The average Bonchev–Trinajstić information content (AvgIpc) is 2.80. The molecule has 0 fully saturated rings. The highest BCUT2D eigenvalue weighted by Gasteiger charge is 2.29. The molecule has 5 nitrogen and oxygen atoms in total. The molecule has 1 aromatic heterocycles. The zero-order chi connectivity index (χ0) is 23.4. The van der Waals surface area contributed by atoms with Crippen LogP contribution in [-0.2, 0) is 9.53 Å². The van der Waals surface area contributed by atoms with Crippen molar-refractivity contribution in [3.05, 3.63) is 111 Å². The molecule has 0 saturated carbocycles. The Morgan fingerprint density at radius 3 is 2.48 bits per heavy atom. The van der Waals surface area contributed by atoms with Crippen molar-refractivity contribution in [3.8, 4) is 5.69 Å². The number of carbonyl (C=O) groups is 1. The predicted octanol–water partition coefficient (Wildman–Crippen LogP) is 5.42. The summed E-state index contributed by atoms with van der Waals surface area (Å²) in [5.41, 5.74) is 0.469. The van der Waals surface area contributed by atoms with E-state index in [1.165, 1.54) is 58.0 Å². The third-order valence-electron chi connectivity index (χ3n) is 4.71. The first kappa shape index (κ1) is 23.0. The van der Waals surface area contributed by atoms with Crippen LogP contribution in [0.3, 0.4) is 0 Å². The molecule has 1 aliphatic carbocycles. The summed E-state index contributed by atoms with van der Waals surface area (Å²) in [6, 6.07) is 14.4. The lowest BCUT2D eigenvalue weighted by atomic mass is 9.90. The van der Waals surface area contributed by atoms with Crippen LogP contribution < -0.4 is 5.56 Å². The van der Waals surface area contributed by atoms with Gasteiger partial charge in [0.15, 0.2) is 5.76 Å². The van der Waals surface area contributed by atoms with Crippen molar-refractivity contribution < 1.29 is 18.3 Å². The number of halogens is 2. The summed E-state index contributed by atoms with van der Waals surface area (Å²) in [7, 11) is 2.48. The molecule has 3 aromatic rings. The van der Waals surface area contributed by atoms with E-state index in [9.17, 15) is 18.4 Å². The summed E-state index contributed by atoms with van der Waals surface area (Å²) in [6.07, 6.45) is 3.48. The largest absolute Gasteiger partial charge is 0.489 e. The fraction of sp³-hybridized carbons (Fsp3) is 0.125. The number of benzene rings is 2. The molecular formula is C24H18F2N2O3S2. The summed E-state index contributed by atoms with van der Waals surface area (Å²) < 4.78 is 34.0. The maximum absolute atomic E-state index is 13.6. The van der Waals surface area contributed by atoms with E-state index in [-0.39, 0.29) is 11.5 Å². The summed E-state index contributed by atoms with van der Waals surface area (Å²) in [5.74, 6) is -1.58. The second-order valence-electron chi connectivity index (χ2n) is 6.95. The fourth-order valence-corrected chi connectivity index (χ4v) is 5.21. The van der Waals surface area contributed by atoms with Crippen LogP contribution in [0, 0.1) is 11.6 Å². The van der Waals surface area contributed by atoms with E-state index in [0.717, 1.165) is 4.68 Å². The second-order valence-corrected chi connectivity index (χ2v) is 9.14. The first-order valence-electron chi connectivity index (χ1n) is 10.0. The minimum Gasteiger partial charge on any atom is -0.489 e. The van der Waals surface area contributed by atoms with E-state index in [1.807, 2.05) is 0 Å². The van der Waals surface area contributed by atoms with Crippen LogP contribution in [0.4, 0.5) is 8.78 Å². The molecule has 0 amide bonds. The third-order valence-corrected chi connectivity index (χ3v) is 6.99. The van der Waals surface area contributed by atoms with Crippen molar-refractivity contribution in [2.45, 2.75) is 17.9 Å². The van der Waals surface area contributed by atoms with E-state index in [2.05, 4.69) is 5.10 Å². The van der Waals surface area contributed by atoms with Crippen molar-refractivity contribution in [1.29, 1.82) is 0 Å². The van der Waals surface area contributed by atoms with Crippen LogP contribution in [0.25, 0.3) is 5.69 Å². The Balaban J connectivity index is 1.57.